The van der Waals surface area contributed by atoms with E-state index in [0.717, 1.165) is 10.6 Å². The minimum Gasteiger partial charge on any atom is -0.383 e. The Bertz CT molecular complexity index is 554. The first kappa shape index (κ1) is 12.4. The molecule has 0 unspecified atom stereocenters. The summed E-state index contributed by atoms with van der Waals surface area (Å²) in [4.78, 5) is 17.0. The second-order valence-corrected chi connectivity index (χ2v) is 4.50. The highest BCUT2D eigenvalue weighted by Gasteiger charge is 2.09. The first-order valence-electron chi connectivity index (χ1n) is 5.36. The number of nitrogen functional groups attached to an aromatic ring is 1. The first-order valence-corrected chi connectivity index (χ1v) is 6.59. The van der Waals surface area contributed by atoms with Gasteiger partial charge >= 0.3 is 0 Å². The molecule has 2 aromatic rings. The standard InChI is InChI=1S/C13H13N3OS/c1-18-10-6-4-9(5-7-10)16-13(17)11-3-2-8-15-12(11)14/h2-8H,1H3,(H2,14,15)(H,16,17). The summed E-state index contributed by atoms with van der Waals surface area (Å²) in [5.41, 5.74) is 6.76. The third kappa shape index (κ3) is 2.81. The van der Waals surface area contributed by atoms with Crippen LogP contribution in [0.2, 0.25) is 0 Å². The van der Waals surface area contributed by atoms with Gasteiger partial charge in [0.15, 0.2) is 0 Å². The summed E-state index contributed by atoms with van der Waals surface area (Å²) < 4.78 is 0. The molecule has 0 fully saturated rings. The summed E-state index contributed by atoms with van der Waals surface area (Å²) in [6, 6.07) is 10.9. The van der Waals surface area contributed by atoms with Crippen molar-refractivity contribution in [1.29, 1.82) is 0 Å². The van der Waals surface area contributed by atoms with Crippen LogP contribution in [0.5, 0.6) is 0 Å². The van der Waals surface area contributed by atoms with Gasteiger partial charge in [-0.05, 0) is 42.7 Å². The van der Waals surface area contributed by atoms with Gasteiger partial charge in [-0.15, -0.1) is 11.8 Å². The Morgan fingerprint density at radius 1 is 1.28 bits per heavy atom. The van der Waals surface area contributed by atoms with Crippen molar-refractivity contribution in [2.45, 2.75) is 4.90 Å². The van der Waals surface area contributed by atoms with Crippen LogP contribution in [-0.4, -0.2) is 17.1 Å². The Hall–Kier alpha value is -2.01. The lowest BCUT2D eigenvalue weighted by Gasteiger charge is -2.07. The number of anilines is 2. The molecule has 1 aromatic carbocycles. The fourth-order valence-corrected chi connectivity index (χ4v) is 1.89. The van der Waals surface area contributed by atoms with Gasteiger partial charge in [-0.3, -0.25) is 4.79 Å². The van der Waals surface area contributed by atoms with E-state index in [9.17, 15) is 4.79 Å². The summed E-state index contributed by atoms with van der Waals surface area (Å²) in [7, 11) is 0. The van der Waals surface area contributed by atoms with Crippen molar-refractivity contribution in [3.8, 4) is 0 Å². The Kier molecular flexibility index (Phi) is 3.84. The maximum absolute atomic E-state index is 12.0. The van der Waals surface area contributed by atoms with E-state index in [1.165, 1.54) is 0 Å². The molecule has 0 saturated heterocycles. The molecule has 4 nitrogen and oxygen atoms in total. The zero-order valence-electron chi connectivity index (χ0n) is 9.88. The van der Waals surface area contributed by atoms with Crippen molar-refractivity contribution < 1.29 is 4.79 Å². The van der Waals surface area contributed by atoms with E-state index < -0.39 is 0 Å². The number of pyridine rings is 1. The molecule has 18 heavy (non-hydrogen) atoms. The Morgan fingerprint density at radius 2 is 2.00 bits per heavy atom. The van der Waals surface area contributed by atoms with Crippen molar-refractivity contribution in [2.75, 3.05) is 17.3 Å². The lowest BCUT2D eigenvalue weighted by molar-refractivity contribution is 0.102. The molecule has 0 aliphatic rings. The van der Waals surface area contributed by atoms with E-state index in [4.69, 9.17) is 5.73 Å². The van der Waals surface area contributed by atoms with Gasteiger partial charge in [0.1, 0.15) is 5.82 Å². The lowest BCUT2D eigenvalue weighted by Crippen LogP contribution is -2.14. The average Bonchev–Trinajstić information content (AvgIpc) is 2.40. The van der Waals surface area contributed by atoms with Gasteiger partial charge in [-0.25, -0.2) is 4.98 Å². The van der Waals surface area contributed by atoms with Crippen molar-refractivity contribution in [2.24, 2.45) is 0 Å². The minimum absolute atomic E-state index is 0.232. The van der Waals surface area contributed by atoms with E-state index in [1.807, 2.05) is 30.5 Å². The smallest absolute Gasteiger partial charge is 0.259 e. The fraction of sp³-hybridized carbons (Fsp3) is 0.0769. The zero-order valence-corrected chi connectivity index (χ0v) is 10.7. The first-order chi connectivity index (χ1) is 8.70. The van der Waals surface area contributed by atoms with E-state index in [1.54, 1.807) is 30.1 Å². The molecule has 2 rings (SSSR count). The molecule has 1 aromatic heterocycles. The van der Waals surface area contributed by atoms with Crippen molar-refractivity contribution in [1.82, 2.24) is 4.98 Å². The largest absolute Gasteiger partial charge is 0.383 e. The maximum Gasteiger partial charge on any atom is 0.259 e. The van der Waals surface area contributed by atoms with Crippen LogP contribution >= 0.6 is 11.8 Å². The van der Waals surface area contributed by atoms with Crippen LogP contribution in [0.15, 0.2) is 47.5 Å². The van der Waals surface area contributed by atoms with Crippen LogP contribution in [0.1, 0.15) is 10.4 Å². The second-order valence-electron chi connectivity index (χ2n) is 3.62. The van der Waals surface area contributed by atoms with Gasteiger partial charge in [-0.2, -0.15) is 0 Å². The van der Waals surface area contributed by atoms with Crippen molar-refractivity contribution >= 4 is 29.2 Å². The fourth-order valence-electron chi connectivity index (χ4n) is 1.48. The number of hydrogen-bond acceptors (Lipinski definition) is 4. The lowest BCUT2D eigenvalue weighted by atomic mass is 10.2. The maximum atomic E-state index is 12.0. The molecule has 0 aliphatic heterocycles. The summed E-state index contributed by atoms with van der Waals surface area (Å²) in [5, 5.41) is 2.78. The number of amides is 1. The van der Waals surface area contributed by atoms with Crippen molar-refractivity contribution in [3.63, 3.8) is 0 Å². The van der Waals surface area contributed by atoms with Gasteiger partial charge in [0, 0.05) is 16.8 Å². The average molecular weight is 259 g/mol. The number of aromatic nitrogens is 1. The molecule has 0 aliphatic carbocycles. The van der Waals surface area contributed by atoms with E-state index in [-0.39, 0.29) is 11.7 Å². The number of nitrogens with zero attached hydrogens (tertiary/aromatic N) is 1. The molecule has 0 saturated carbocycles. The van der Waals surface area contributed by atoms with E-state index in [2.05, 4.69) is 10.3 Å². The van der Waals surface area contributed by atoms with E-state index >= 15 is 0 Å². The van der Waals surface area contributed by atoms with Gasteiger partial charge in [0.05, 0.1) is 5.56 Å². The van der Waals surface area contributed by atoms with Crippen LogP contribution < -0.4 is 11.1 Å². The third-order valence-corrected chi connectivity index (χ3v) is 3.17. The van der Waals surface area contributed by atoms with Crippen LogP contribution in [0.25, 0.3) is 0 Å². The molecule has 0 spiro atoms. The van der Waals surface area contributed by atoms with Crippen LogP contribution in [0, 0.1) is 0 Å². The summed E-state index contributed by atoms with van der Waals surface area (Å²) in [6.45, 7) is 0. The number of carbonyl (C=O) groups excluding carboxylic acids is 1. The van der Waals surface area contributed by atoms with Gasteiger partial charge in [-0.1, -0.05) is 0 Å². The zero-order chi connectivity index (χ0) is 13.0. The van der Waals surface area contributed by atoms with Gasteiger partial charge < -0.3 is 11.1 Å². The van der Waals surface area contributed by atoms with Crippen molar-refractivity contribution in [3.05, 3.63) is 48.2 Å². The third-order valence-electron chi connectivity index (χ3n) is 2.43. The minimum atomic E-state index is -0.252. The molecule has 0 bridgehead atoms. The van der Waals surface area contributed by atoms with Crippen LogP contribution in [0.4, 0.5) is 11.5 Å². The predicted octanol–water partition coefficient (Wildman–Crippen LogP) is 2.64. The topological polar surface area (TPSA) is 68.0 Å². The number of hydrogen-bond donors (Lipinski definition) is 2. The molecular formula is C13H13N3OS. The van der Waals surface area contributed by atoms with Gasteiger partial charge in [0.25, 0.3) is 5.91 Å². The highest BCUT2D eigenvalue weighted by molar-refractivity contribution is 7.98. The van der Waals surface area contributed by atoms with Crippen LogP contribution in [-0.2, 0) is 0 Å². The number of thioether (sulfide) groups is 1. The highest BCUT2D eigenvalue weighted by atomic mass is 32.2. The molecule has 5 heteroatoms. The predicted molar refractivity (Wildman–Crippen MR) is 74.8 cm³/mol. The molecule has 1 heterocycles. The molecule has 92 valence electrons. The Morgan fingerprint density at radius 3 is 2.61 bits per heavy atom. The van der Waals surface area contributed by atoms with E-state index in [0.29, 0.717) is 5.56 Å². The number of rotatable bonds is 3. The number of nitrogens with two attached hydrogens (primary N) is 1. The highest BCUT2D eigenvalue weighted by Crippen LogP contribution is 2.18. The Balaban J connectivity index is 2.14. The Labute approximate surface area is 110 Å². The molecule has 3 N–H and O–H groups in total. The normalized spacial score (nSPS) is 10.1. The molecular weight excluding hydrogens is 246 g/mol. The summed E-state index contributed by atoms with van der Waals surface area (Å²) in [6.07, 6.45) is 3.56. The number of benzene rings is 1. The summed E-state index contributed by atoms with van der Waals surface area (Å²) in [5.74, 6) is -0.0202. The monoisotopic (exact) mass is 259 g/mol. The molecule has 0 radical (unpaired) electrons. The number of nitrogens with one attached hydrogen (secondary N) is 1. The second kappa shape index (κ2) is 5.55. The van der Waals surface area contributed by atoms with Gasteiger partial charge in [0.2, 0.25) is 0 Å². The summed E-state index contributed by atoms with van der Waals surface area (Å²) >= 11 is 1.65. The quantitative estimate of drug-likeness (QED) is 0.831. The van der Waals surface area contributed by atoms with Crippen LogP contribution in [0.3, 0.4) is 0 Å². The molecule has 0 atom stereocenters. The SMILES string of the molecule is CSc1ccc(NC(=O)c2cccnc2N)cc1. The number of carbonyl (C=O) groups is 1. The molecule has 1 amide bonds.